The zero-order valence-corrected chi connectivity index (χ0v) is 17.7. The highest BCUT2D eigenvalue weighted by Gasteiger charge is 2.40. The van der Waals surface area contributed by atoms with Crippen LogP contribution in [0.3, 0.4) is 0 Å². The minimum Gasteiger partial charge on any atom is -0.413 e. The summed E-state index contributed by atoms with van der Waals surface area (Å²) in [5.41, 5.74) is 2.22. The van der Waals surface area contributed by atoms with E-state index in [1.807, 2.05) is 30.4 Å². The van der Waals surface area contributed by atoms with Crippen molar-refractivity contribution in [3.05, 3.63) is 60.7 Å². The first-order valence-corrected chi connectivity index (χ1v) is 12.2. The predicted octanol–water partition coefficient (Wildman–Crippen LogP) is 5.88. The van der Waals surface area contributed by atoms with Gasteiger partial charge in [0.05, 0.1) is 12.7 Å². The lowest BCUT2D eigenvalue weighted by Gasteiger charge is -2.41. The van der Waals surface area contributed by atoms with Crippen LogP contribution in [0.2, 0.25) is 18.1 Å². The lowest BCUT2D eigenvalue weighted by Crippen LogP contribution is -2.45. The highest BCUT2D eigenvalue weighted by Crippen LogP contribution is 2.39. The van der Waals surface area contributed by atoms with Crippen LogP contribution in [0.4, 0.5) is 0 Å². The van der Waals surface area contributed by atoms with Crippen molar-refractivity contribution in [1.82, 2.24) is 0 Å². The molecule has 0 aromatic heterocycles. The van der Waals surface area contributed by atoms with Gasteiger partial charge in [-0.15, -0.1) is 13.2 Å². The number of aliphatic hydroxyl groups excluding tert-OH is 1. The van der Waals surface area contributed by atoms with Gasteiger partial charge < -0.3 is 9.53 Å². The molecule has 1 rings (SSSR count). The molecule has 0 amide bonds. The Balaban J connectivity index is 2.88. The van der Waals surface area contributed by atoms with E-state index in [9.17, 15) is 5.11 Å². The lowest BCUT2D eigenvalue weighted by atomic mass is 9.91. The third kappa shape index (κ3) is 6.25. The zero-order valence-electron chi connectivity index (χ0n) is 16.7. The first kappa shape index (κ1) is 21.9. The van der Waals surface area contributed by atoms with Crippen LogP contribution in [-0.4, -0.2) is 19.5 Å². The Kier molecular flexibility index (Phi) is 8.32. The van der Waals surface area contributed by atoms with E-state index in [4.69, 9.17) is 4.43 Å². The second-order valence-corrected chi connectivity index (χ2v) is 13.1. The summed E-state index contributed by atoms with van der Waals surface area (Å²) in [5, 5.41) is 9.71. The van der Waals surface area contributed by atoms with Gasteiger partial charge in [0.25, 0.3) is 0 Å². The molecule has 140 valence electrons. The smallest absolute Gasteiger partial charge is 0.192 e. The number of aryl methyl sites for hydroxylation is 1. The Morgan fingerprint density at radius 2 is 1.76 bits per heavy atom. The molecular weight excluding hydrogens is 324 g/mol. The maximum atomic E-state index is 9.52. The largest absolute Gasteiger partial charge is 0.413 e. The summed E-state index contributed by atoms with van der Waals surface area (Å²) in [6.07, 6.45) is 6.83. The second-order valence-electron chi connectivity index (χ2n) is 8.31. The summed E-state index contributed by atoms with van der Waals surface area (Å²) < 4.78 is 6.69. The van der Waals surface area contributed by atoms with Gasteiger partial charge in [-0.25, -0.2) is 0 Å². The van der Waals surface area contributed by atoms with Gasteiger partial charge in [0, 0.05) is 5.92 Å². The minimum atomic E-state index is -1.85. The molecule has 0 unspecified atom stereocenters. The molecule has 0 aliphatic rings. The van der Waals surface area contributed by atoms with Gasteiger partial charge in [0.15, 0.2) is 8.32 Å². The Morgan fingerprint density at radius 1 is 1.16 bits per heavy atom. The highest BCUT2D eigenvalue weighted by molar-refractivity contribution is 6.74. The van der Waals surface area contributed by atoms with E-state index < -0.39 is 8.32 Å². The van der Waals surface area contributed by atoms with Gasteiger partial charge in [-0.2, -0.15) is 0 Å². The molecule has 0 heterocycles. The van der Waals surface area contributed by atoms with Gasteiger partial charge in [-0.1, -0.05) is 57.2 Å². The predicted molar refractivity (Wildman–Crippen MR) is 111 cm³/mol. The molecular formula is C22H36O2Si. The number of hydrogen-bond acceptors (Lipinski definition) is 2. The highest BCUT2D eigenvalue weighted by atomic mass is 28.4. The fourth-order valence-electron chi connectivity index (χ4n) is 2.76. The van der Waals surface area contributed by atoms with Crippen molar-refractivity contribution < 1.29 is 9.53 Å². The van der Waals surface area contributed by atoms with Crippen LogP contribution in [0.5, 0.6) is 0 Å². The molecule has 1 N–H and O–H groups in total. The molecule has 1 aromatic carbocycles. The normalized spacial score (nSPS) is 14.8. The maximum Gasteiger partial charge on any atom is 0.192 e. The monoisotopic (exact) mass is 360 g/mol. The average molecular weight is 361 g/mol. The van der Waals surface area contributed by atoms with Gasteiger partial charge in [0.1, 0.15) is 0 Å². The van der Waals surface area contributed by atoms with E-state index in [-0.39, 0.29) is 23.7 Å². The van der Waals surface area contributed by atoms with Crippen molar-refractivity contribution in [3.63, 3.8) is 0 Å². The molecule has 25 heavy (non-hydrogen) atoms. The number of aliphatic hydroxyl groups is 1. The van der Waals surface area contributed by atoms with Crippen molar-refractivity contribution in [1.29, 1.82) is 0 Å². The van der Waals surface area contributed by atoms with Gasteiger partial charge in [-0.3, -0.25) is 0 Å². The average Bonchev–Trinajstić information content (AvgIpc) is 2.54. The van der Waals surface area contributed by atoms with Crippen molar-refractivity contribution in [2.45, 2.75) is 70.9 Å². The zero-order chi connectivity index (χ0) is 19.1. The Hall–Kier alpha value is -1.16. The molecule has 0 aliphatic carbocycles. The molecule has 2 nitrogen and oxygen atoms in total. The molecule has 3 heteroatoms. The van der Waals surface area contributed by atoms with Crippen molar-refractivity contribution in [2.24, 2.45) is 5.92 Å². The SMILES string of the molecule is C=CC[C@H](O[Si](C)(C)C(C)(C)C)[C@@H](C=C)CCc1ccccc1CO. The van der Waals surface area contributed by atoms with E-state index in [2.05, 4.69) is 53.1 Å². The van der Waals surface area contributed by atoms with Crippen molar-refractivity contribution >= 4 is 8.32 Å². The first-order valence-electron chi connectivity index (χ1n) is 9.25. The van der Waals surface area contributed by atoms with E-state index in [1.165, 1.54) is 5.56 Å². The number of rotatable bonds is 10. The van der Waals surface area contributed by atoms with Crippen molar-refractivity contribution in [2.75, 3.05) is 0 Å². The van der Waals surface area contributed by atoms with Crippen LogP contribution in [0.25, 0.3) is 0 Å². The fraction of sp³-hybridized carbons (Fsp3) is 0.545. The molecule has 0 saturated carbocycles. The summed E-state index contributed by atoms with van der Waals surface area (Å²) in [6.45, 7) is 19.5. The molecule has 2 atom stereocenters. The quantitative estimate of drug-likeness (QED) is 0.417. The van der Waals surface area contributed by atoms with Gasteiger partial charge >= 0.3 is 0 Å². The standard InChI is InChI=1S/C22H36O2Si/c1-8-12-21(24-25(6,7)22(3,4)5)18(9-2)15-16-19-13-10-11-14-20(19)17-23/h8-11,13-14,18,21,23H,1-2,12,15-17H2,3-7H3/t18-,21-/m0/s1. The Morgan fingerprint density at radius 3 is 2.24 bits per heavy atom. The summed E-state index contributed by atoms with van der Waals surface area (Å²) in [6, 6.07) is 8.10. The molecule has 0 spiro atoms. The Labute approximate surface area is 155 Å². The second kappa shape index (κ2) is 9.51. The molecule has 0 fully saturated rings. The Bertz CT molecular complexity index is 557. The van der Waals surface area contributed by atoms with E-state index in [0.29, 0.717) is 0 Å². The third-order valence-corrected chi connectivity index (χ3v) is 9.97. The number of benzene rings is 1. The topological polar surface area (TPSA) is 29.5 Å². The van der Waals surface area contributed by atoms with Crippen LogP contribution in [0.1, 0.15) is 44.7 Å². The van der Waals surface area contributed by atoms with Gasteiger partial charge in [0.2, 0.25) is 0 Å². The van der Waals surface area contributed by atoms with Gasteiger partial charge in [-0.05, 0) is 48.5 Å². The van der Waals surface area contributed by atoms with Crippen LogP contribution in [0.15, 0.2) is 49.6 Å². The van der Waals surface area contributed by atoms with E-state index in [1.54, 1.807) is 0 Å². The fourth-order valence-corrected chi connectivity index (χ4v) is 4.14. The van der Waals surface area contributed by atoms with E-state index in [0.717, 1.165) is 24.8 Å². The van der Waals surface area contributed by atoms with Crippen molar-refractivity contribution in [3.8, 4) is 0 Å². The minimum absolute atomic E-state index is 0.0888. The van der Waals surface area contributed by atoms with Crippen LogP contribution in [0, 0.1) is 5.92 Å². The summed E-state index contributed by atoms with van der Waals surface area (Å²) in [5.74, 6) is 0.277. The molecule has 0 radical (unpaired) electrons. The molecule has 1 aromatic rings. The lowest BCUT2D eigenvalue weighted by molar-refractivity contribution is 0.136. The maximum absolute atomic E-state index is 9.52. The van der Waals surface area contributed by atoms with E-state index >= 15 is 0 Å². The number of hydrogen-bond donors (Lipinski definition) is 1. The van der Waals surface area contributed by atoms with Crippen LogP contribution in [-0.2, 0) is 17.5 Å². The first-order chi connectivity index (χ1) is 11.7. The third-order valence-electron chi connectivity index (χ3n) is 5.47. The molecule has 0 saturated heterocycles. The van der Waals surface area contributed by atoms with Crippen LogP contribution < -0.4 is 0 Å². The summed E-state index contributed by atoms with van der Waals surface area (Å²) in [7, 11) is -1.85. The molecule has 0 aliphatic heterocycles. The van der Waals surface area contributed by atoms with Crippen LogP contribution >= 0.6 is 0 Å². The molecule has 0 bridgehead atoms. The summed E-state index contributed by atoms with van der Waals surface area (Å²) in [4.78, 5) is 0. The summed E-state index contributed by atoms with van der Waals surface area (Å²) >= 11 is 0.